The molecule has 0 unspecified atom stereocenters. The summed E-state index contributed by atoms with van der Waals surface area (Å²) in [6.07, 6.45) is 14.5. The molecule has 0 amide bonds. The predicted molar refractivity (Wildman–Crippen MR) is 129 cm³/mol. The molecule has 0 saturated heterocycles. The molecule has 5 nitrogen and oxygen atoms in total. The molecule has 33 heavy (non-hydrogen) atoms. The number of carbonyl (C=O) groups excluding carboxylic acids is 2. The molecular formula is C28H40O5. The zero-order valence-corrected chi connectivity index (χ0v) is 20.1. The maximum Gasteiger partial charge on any atom is 0.338 e. The van der Waals surface area contributed by atoms with Gasteiger partial charge >= 0.3 is 11.9 Å². The summed E-state index contributed by atoms with van der Waals surface area (Å²) in [6.45, 7) is 6.37. The van der Waals surface area contributed by atoms with E-state index in [1.54, 1.807) is 24.3 Å². The highest BCUT2D eigenvalue weighted by Gasteiger charge is 2.31. The van der Waals surface area contributed by atoms with Gasteiger partial charge in [0.25, 0.3) is 0 Å². The van der Waals surface area contributed by atoms with Gasteiger partial charge in [-0.25, -0.2) is 9.59 Å². The molecule has 182 valence electrons. The second kappa shape index (κ2) is 13.4. The Bertz CT molecular complexity index is 740. The average molecular weight is 457 g/mol. The number of carbonyl (C=O) groups is 2. The highest BCUT2D eigenvalue weighted by molar-refractivity contribution is 5.89. The van der Waals surface area contributed by atoms with Gasteiger partial charge in [0.15, 0.2) is 0 Å². The highest BCUT2D eigenvalue weighted by Crippen LogP contribution is 2.41. The van der Waals surface area contributed by atoms with Crippen LogP contribution in [-0.2, 0) is 14.3 Å². The Morgan fingerprint density at radius 3 is 2.18 bits per heavy atom. The third-order valence-electron chi connectivity index (χ3n) is 7.31. The first kappa shape index (κ1) is 25.3. The maximum atomic E-state index is 12.6. The maximum absolute atomic E-state index is 12.6. The molecule has 0 heterocycles. The van der Waals surface area contributed by atoms with Crippen molar-refractivity contribution >= 4 is 11.9 Å². The Morgan fingerprint density at radius 1 is 0.939 bits per heavy atom. The van der Waals surface area contributed by atoms with E-state index in [0.717, 1.165) is 36.7 Å². The van der Waals surface area contributed by atoms with Crippen LogP contribution in [0.2, 0.25) is 0 Å². The van der Waals surface area contributed by atoms with Gasteiger partial charge in [0.2, 0.25) is 0 Å². The van der Waals surface area contributed by atoms with Crippen molar-refractivity contribution in [3.05, 3.63) is 42.5 Å². The summed E-state index contributed by atoms with van der Waals surface area (Å²) in [7, 11) is 0. The van der Waals surface area contributed by atoms with Gasteiger partial charge in [-0.2, -0.15) is 0 Å². The topological polar surface area (TPSA) is 61.8 Å². The van der Waals surface area contributed by atoms with Crippen LogP contribution in [0.15, 0.2) is 36.9 Å². The lowest BCUT2D eigenvalue weighted by atomic mass is 9.70. The van der Waals surface area contributed by atoms with E-state index in [1.807, 2.05) is 0 Å². The van der Waals surface area contributed by atoms with Crippen molar-refractivity contribution in [3.63, 3.8) is 0 Å². The third kappa shape index (κ3) is 8.21. The van der Waals surface area contributed by atoms with E-state index in [2.05, 4.69) is 13.5 Å². The fourth-order valence-electron chi connectivity index (χ4n) is 5.42. The molecule has 0 bridgehead atoms. The van der Waals surface area contributed by atoms with Crippen LogP contribution in [0.3, 0.4) is 0 Å². The lowest BCUT2D eigenvalue weighted by molar-refractivity contribution is -0.137. The largest absolute Gasteiger partial charge is 0.493 e. The van der Waals surface area contributed by atoms with Gasteiger partial charge in [-0.3, -0.25) is 0 Å². The Balaban J connectivity index is 1.33. The Labute approximate surface area is 198 Å². The molecular weight excluding hydrogens is 416 g/mol. The van der Waals surface area contributed by atoms with E-state index in [4.69, 9.17) is 14.2 Å². The number of rotatable bonds is 11. The van der Waals surface area contributed by atoms with Crippen molar-refractivity contribution in [1.82, 2.24) is 0 Å². The van der Waals surface area contributed by atoms with Crippen molar-refractivity contribution in [2.45, 2.75) is 83.7 Å². The smallest absolute Gasteiger partial charge is 0.338 e. The first-order valence-corrected chi connectivity index (χ1v) is 12.8. The molecule has 1 aromatic rings. The van der Waals surface area contributed by atoms with Crippen LogP contribution in [0.5, 0.6) is 5.75 Å². The monoisotopic (exact) mass is 456 g/mol. The van der Waals surface area contributed by atoms with Crippen molar-refractivity contribution in [2.24, 2.45) is 17.8 Å². The SMILES string of the molecule is C=CC(=O)OCCCOc1ccc(C(=O)OC2CCC(C3CCC(CCC)CC3)CC2)cc1. The fraction of sp³-hybridized carbons (Fsp3) is 0.643. The average Bonchev–Trinajstić information content (AvgIpc) is 2.85. The molecule has 0 aliphatic heterocycles. The molecule has 0 radical (unpaired) electrons. The zero-order valence-electron chi connectivity index (χ0n) is 20.1. The summed E-state index contributed by atoms with van der Waals surface area (Å²) >= 11 is 0. The number of hydrogen-bond donors (Lipinski definition) is 0. The van der Waals surface area contributed by atoms with E-state index in [1.165, 1.54) is 51.4 Å². The minimum atomic E-state index is -0.430. The third-order valence-corrected chi connectivity index (χ3v) is 7.31. The molecule has 5 heteroatoms. The van der Waals surface area contributed by atoms with E-state index in [-0.39, 0.29) is 18.7 Å². The van der Waals surface area contributed by atoms with Gasteiger partial charge < -0.3 is 14.2 Å². The molecule has 3 rings (SSSR count). The number of benzene rings is 1. The summed E-state index contributed by atoms with van der Waals surface area (Å²) in [4.78, 5) is 23.6. The normalized spacial score (nSPS) is 25.1. The summed E-state index contributed by atoms with van der Waals surface area (Å²) in [6, 6.07) is 7.04. The van der Waals surface area contributed by atoms with Crippen molar-refractivity contribution in [2.75, 3.05) is 13.2 Å². The summed E-state index contributed by atoms with van der Waals surface area (Å²) in [5, 5.41) is 0. The van der Waals surface area contributed by atoms with Gasteiger partial charge in [0, 0.05) is 12.5 Å². The van der Waals surface area contributed by atoms with Gasteiger partial charge in [-0.15, -0.1) is 0 Å². The molecule has 2 aliphatic rings. The molecule has 0 aromatic heterocycles. The molecule has 2 aliphatic carbocycles. The lowest BCUT2D eigenvalue weighted by Crippen LogP contribution is -2.29. The van der Waals surface area contributed by atoms with Crippen molar-refractivity contribution < 1.29 is 23.8 Å². The Hall–Kier alpha value is -2.30. The fourth-order valence-corrected chi connectivity index (χ4v) is 5.42. The molecule has 0 atom stereocenters. The molecule has 2 saturated carbocycles. The second-order valence-electron chi connectivity index (χ2n) is 9.61. The van der Waals surface area contributed by atoms with Gasteiger partial charge in [-0.1, -0.05) is 39.2 Å². The predicted octanol–water partition coefficient (Wildman–Crippen LogP) is 6.51. The Morgan fingerprint density at radius 2 is 1.58 bits per heavy atom. The first-order chi connectivity index (χ1) is 16.1. The molecule has 0 N–H and O–H groups in total. The van der Waals surface area contributed by atoms with Crippen molar-refractivity contribution in [1.29, 1.82) is 0 Å². The first-order valence-electron chi connectivity index (χ1n) is 12.8. The van der Waals surface area contributed by atoms with Crippen LogP contribution in [0.1, 0.15) is 87.9 Å². The molecule has 1 aromatic carbocycles. The standard InChI is InChI=1S/C28H40O5/c1-3-6-21-7-9-22(10-8-21)23-11-17-26(18-12-23)33-28(30)24-13-15-25(16-14-24)31-19-5-20-32-27(29)4-2/h4,13-16,21-23,26H,2-3,5-12,17-20H2,1H3. The minimum Gasteiger partial charge on any atom is -0.493 e. The number of ether oxygens (including phenoxy) is 3. The Kier molecular flexibility index (Phi) is 10.3. The van der Waals surface area contributed by atoms with Crippen LogP contribution in [0, 0.1) is 17.8 Å². The summed E-state index contributed by atoms with van der Waals surface area (Å²) in [5.41, 5.74) is 0.554. The van der Waals surface area contributed by atoms with E-state index in [9.17, 15) is 9.59 Å². The van der Waals surface area contributed by atoms with E-state index < -0.39 is 5.97 Å². The van der Waals surface area contributed by atoms with E-state index >= 15 is 0 Å². The van der Waals surface area contributed by atoms with Crippen LogP contribution >= 0.6 is 0 Å². The van der Waals surface area contributed by atoms with Crippen LogP contribution in [0.25, 0.3) is 0 Å². The van der Waals surface area contributed by atoms with Crippen molar-refractivity contribution in [3.8, 4) is 5.75 Å². The lowest BCUT2D eigenvalue weighted by Gasteiger charge is -2.37. The van der Waals surface area contributed by atoms with Crippen LogP contribution in [-0.4, -0.2) is 31.3 Å². The summed E-state index contributed by atoms with van der Waals surface area (Å²) < 4.78 is 16.3. The second-order valence-corrected chi connectivity index (χ2v) is 9.61. The molecule has 0 spiro atoms. The van der Waals surface area contributed by atoms with Gasteiger partial charge in [0.05, 0.1) is 18.8 Å². The number of esters is 2. The number of hydrogen-bond acceptors (Lipinski definition) is 5. The zero-order chi connectivity index (χ0) is 23.5. The van der Waals surface area contributed by atoms with E-state index in [0.29, 0.717) is 24.3 Å². The quantitative estimate of drug-likeness (QED) is 0.216. The van der Waals surface area contributed by atoms with Gasteiger partial charge in [-0.05, 0) is 80.5 Å². The van der Waals surface area contributed by atoms with Gasteiger partial charge in [0.1, 0.15) is 11.9 Å². The highest BCUT2D eigenvalue weighted by atomic mass is 16.5. The van der Waals surface area contributed by atoms with Crippen LogP contribution in [0.4, 0.5) is 0 Å². The summed E-state index contributed by atoms with van der Waals surface area (Å²) in [5.74, 6) is 2.66. The van der Waals surface area contributed by atoms with Crippen LogP contribution < -0.4 is 4.74 Å². The minimum absolute atomic E-state index is 0.0411. The molecule has 2 fully saturated rings.